The van der Waals surface area contributed by atoms with E-state index >= 15 is 0 Å². The Bertz CT molecular complexity index is 590. The Morgan fingerprint density at radius 2 is 1.66 bits per heavy atom. The summed E-state index contributed by atoms with van der Waals surface area (Å²) in [5, 5.41) is 0. The van der Waals surface area contributed by atoms with Crippen molar-refractivity contribution in [2.45, 2.75) is 95.7 Å². The second-order valence-corrected chi connectivity index (χ2v) is 9.60. The molecule has 3 heteroatoms. The summed E-state index contributed by atoms with van der Waals surface area (Å²) in [4.78, 5) is 0. The standard InChI is InChI=1S/C26H40O3/c1-2-3-4-5-20-6-9-22(10-7-20)23-11-13-24(14-12-23)28-17-16-27-19-21-8-15-25-26(18-21)29-25/h11-14,20-22,25-26H,2-10,15-19H2,1H3. The lowest BCUT2D eigenvalue weighted by Crippen LogP contribution is -2.19. The Morgan fingerprint density at radius 1 is 0.862 bits per heavy atom. The second-order valence-electron chi connectivity index (χ2n) is 9.60. The van der Waals surface area contributed by atoms with Crippen molar-refractivity contribution < 1.29 is 14.2 Å². The molecule has 0 bridgehead atoms. The van der Waals surface area contributed by atoms with Gasteiger partial charge in [0.15, 0.2) is 0 Å². The van der Waals surface area contributed by atoms with Crippen molar-refractivity contribution in [2.75, 3.05) is 19.8 Å². The van der Waals surface area contributed by atoms with E-state index in [4.69, 9.17) is 14.2 Å². The second kappa shape index (κ2) is 10.8. The van der Waals surface area contributed by atoms with Gasteiger partial charge in [-0.05, 0) is 80.4 Å². The molecule has 1 aromatic rings. The van der Waals surface area contributed by atoms with Crippen molar-refractivity contribution in [2.24, 2.45) is 11.8 Å². The number of fused-ring (bicyclic) bond motifs is 1. The minimum atomic E-state index is 0.545. The van der Waals surface area contributed by atoms with Gasteiger partial charge in [-0.2, -0.15) is 0 Å². The first kappa shape index (κ1) is 21.2. The van der Waals surface area contributed by atoms with Gasteiger partial charge in [-0.3, -0.25) is 0 Å². The van der Waals surface area contributed by atoms with E-state index in [0.29, 0.717) is 31.3 Å². The summed E-state index contributed by atoms with van der Waals surface area (Å²) in [5.41, 5.74) is 1.50. The Kier molecular flexibility index (Phi) is 7.90. The van der Waals surface area contributed by atoms with Crippen molar-refractivity contribution in [3.8, 4) is 5.75 Å². The van der Waals surface area contributed by atoms with Gasteiger partial charge in [0.2, 0.25) is 0 Å². The maximum atomic E-state index is 5.89. The van der Waals surface area contributed by atoms with Crippen LogP contribution in [0.4, 0.5) is 0 Å². The van der Waals surface area contributed by atoms with Gasteiger partial charge in [-0.1, -0.05) is 44.7 Å². The summed E-state index contributed by atoms with van der Waals surface area (Å²) < 4.78 is 17.3. The molecular formula is C26H40O3. The van der Waals surface area contributed by atoms with Crippen LogP contribution in [0.1, 0.15) is 89.0 Å². The topological polar surface area (TPSA) is 31.0 Å². The predicted octanol–water partition coefficient (Wildman–Crippen LogP) is 6.50. The van der Waals surface area contributed by atoms with Crippen LogP contribution in [0.15, 0.2) is 24.3 Å². The molecule has 1 aliphatic heterocycles. The molecular weight excluding hydrogens is 360 g/mol. The molecule has 0 N–H and O–H groups in total. The maximum absolute atomic E-state index is 5.89. The third kappa shape index (κ3) is 6.46. The molecule has 2 aliphatic carbocycles. The van der Waals surface area contributed by atoms with Crippen LogP contribution in [0, 0.1) is 11.8 Å². The largest absolute Gasteiger partial charge is 0.491 e. The molecule has 3 unspecified atom stereocenters. The lowest BCUT2D eigenvalue weighted by molar-refractivity contribution is 0.0656. The van der Waals surface area contributed by atoms with Crippen LogP contribution in [0.3, 0.4) is 0 Å². The number of hydrogen-bond acceptors (Lipinski definition) is 3. The highest BCUT2D eigenvalue weighted by atomic mass is 16.6. The van der Waals surface area contributed by atoms with E-state index in [1.807, 2.05) is 0 Å². The van der Waals surface area contributed by atoms with E-state index in [0.717, 1.165) is 24.2 Å². The average molecular weight is 401 g/mol. The number of hydrogen-bond donors (Lipinski definition) is 0. The highest BCUT2D eigenvalue weighted by molar-refractivity contribution is 5.29. The van der Waals surface area contributed by atoms with E-state index in [2.05, 4.69) is 31.2 Å². The molecule has 4 rings (SSSR count). The molecule has 1 saturated heterocycles. The minimum Gasteiger partial charge on any atom is -0.491 e. The number of ether oxygens (including phenoxy) is 3. The van der Waals surface area contributed by atoms with Crippen molar-refractivity contribution in [3.05, 3.63) is 29.8 Å². The predicted molar refractivity (Wildman–Crippen MR) is 118 cm³/mol. The molecule has 3 aliphatic rings. The van der Waals surface area contributed by atoms with Crippen LogP contribution < -0.4 is 4.74 Å². The first-order valence-electron chi connectivity index (χ1n) is 12.3. The molecule has 1 heterocycles. The number of epoxide rings is 1. The fourth-order valence-electron chi connectivity index (χ4n) is 5.41. The van der Waals surface area contributed by atoms with E-state index in [9.17, 15) is 0 Å². The number of rotatable bonds is 11. The summed E-state index contributed by atoms with van der Waals surface area (Å²) in [6.45, 7) is 4.47. The summed E-state index contributed by atoms with van der Waals surface area (Å²) in [6, 6.07) is 8.86. The molecule has 0 aromatic heterocycles. The monoisotopic (exact) mass is 400 g/mol. The highest BCUT2D eigenvalue weighted by Gasteiger charge is 2.43. The Hall–Kier alpha value is -1.06. The van der Waals surface area contributed by atoms with Gasteiger partial charge in [0.25, 0.3) is 0 Å². The van der Waals surface area contributed by atoms with E-state index in [-0.39, 0.29) is 0 Å². The molecule has 3 nitrogen and oxygen atoms in total. The van der Waals surface area contributed by atoms with E-state index in [1.165, 1.54) is 76.2 Å². The van der Waals surface area contributed by atoms with Gasteiger partial charge in [0.1, 0.15) is 12.4 Å². The third-order valence-electron chi connectivity index (χ3n) is 7.38. The van der Waals surface area contributed by atoms with Crippen LogP contribution in [0.2, 0.25) is 0 Å². The van der Waals surface area contributed by atoms with Gasteiger partial charge in [0.05, 0.1) is 18.8 Å². The first-order valence-corrected chi connectivity index (χ1v) is 12.3. The molecule has 0 radical (unpaired) electrons. The first-order chi connectivity index (χ1) is 14.3. The maximum Gasteiger partial charge on any atom is 0.119 e. The fraction of sp³-hybridized carbons (Fsp3) is 0.769. The Balaban J connectivity index is 1.09. The quantitative estimate of drug-likeness (QED) is 0.314. The fourth-order valence-corrected chi connectivity index (χ4v) is 5.41. The molecule has 1 aromatic carbocycles. The molecule has 0 spiro atoms. The SMILES string of the molecule is CCCCCC1CCC(c2ccc(OCCOCC3CCC4OC4C3)cc2)CC1. The minimum absolute atomic E-state index is 0.545. The van der Waals surface area contributed by atoms with E-state index < -0.39 is 0 Å². The van der Waals surface area contributed by atoms with Crippen molar-refractivity contribution >= 4 is 0 Å². The van der Waals surface area contributed by atoms with Crippen molar-refractivity contribution in [1.82, 2.24) is 0 Å². The third-order valence-corrected chi connectivity index (χ3v) is 7.38. The smallest absolute Gasteiger partial charge is 0.119 e. The number of unbranched alkanes of at least 4 members (excludes halogenated alkanes) is 2. The zero-order valence-electron chi connectivity index (χ0n) is 18.3. The molecule has 3 atom stereocenters. The van der Waals surface area contributed by atoms with Crippen LogP contribution in [-0.4, -0.2) is 32.0 Å². The summed E-state index contributed by atoms with van der Waals surface area (Å²) in [7, 11) is 0. The highest BCUT2D eigenvalue weighted by Crippen LogP contribution is 2.39. The molecule has 29 heavy (non-hydrogen) atoms. The van der Waals surface area contributed by atoms with Gasteiger partial charge in [-0.15, -0.1) is 0 Å². The van der Waals surface area contributed by atoms with Gasteiger partial charge >= 0.3 is 0 Å². The van der Waals surface area contributed by atoms with Gasteiger partial charge in [0, 0.05) is 6.61 Å². The zero-order valence-corrected chi connectivity index (χ0v) is 18.3. The molecule has 162 valence electrons. The molecule has 2 saturated carbocycles. The summed E-state index contributed by atoms with van der Waals surface area (Å²) in [6.07, 6.45) is 16.0. The van der Waals surface area contributed by atoms with Crippen molar-refractivity contribution in [1.29, 1.82) is 0 Å². The summed E-state index contributed by atoms with van der Waals surface area (Å²) in [5.74, 6) is 3.38. The van der Waals surface area contributed by atoms with Crippen LogP contribution in [0.5, 0.6) is 5.75 Å². The Labute approximate surface area is 177 Å². The van der Waals surface area contributed by atoms with Gasteiger partial charge in [-0.25, -0.2) is 0 Å². The van der Waals surface area contributed by atoms with Gasteiger partial charge < -0.3 is 14.2 Å². The lowest BCUT2D eigenvalue weighted by atomic mass is 9.77. The zero-order chi connectivity index (χ0) is 19.9. The van der Waals surface area contributed by atoms with E-state index in [1.54, 1.807) is 0 Å². The lowest BCUT2D eigenvalue weighted by Gasteiger charge is -2.29. The van der Waals surface area contributed by atoms with Crippen LogP contribution in [-0.2, 0) is 9.47 Å². The Morgan fingerprint density at radius 3 is 2.41 bits per heavy atom. The van der Waals surface area contributed by atoms with Crippen molar-refractivity contribution in [3.63, 3.8) is 0 Å². The molecule has 0 amide bonds. The normalized spacial score (nSPS) is 31.3. The average Bonchev–Trinajstić information content (AvgIpc) is 3.54. The number of benzene rings is 1. The van der Waals surface area contributed by atoms with Crippen LogP contribution >= 0.6 is 0 Å². The summed E-state index contributed by atoms with van der Waals surface area (Å²) >= 11 is 0. The molecule has 3 fully saturated rings. The van der Waals surface area contributed by atoms with Crippen LogP contribution in [0.25, 0.3) is 0 Å².